The Kier molecular flexibility index (Phi) is 6.03. The maximum atomic E-state index is 12.3. The van der Waals surface area contributed by atoms with Crippen LogP contribution in [0.4, 0.5) is 11.4 Å². The van der Waals surface area contributed by atoms with Gasteiger partial charge in [0.05, 0.1) is 0 Å². The molecule has 0 aliphatic carbocycles. The second-order valence-corrected chi connectivity index (χ2v) is 6.16. The van der Waals surface area contributed by atoms with Crippen LogP contribution < -0.4 is 10.6 Å². The van der Waals surface area contributed by atoms with E-state index in [9.17, 15) is 14.4 Å². The third-order valence-electron chi connectivity index (χ3n) is 4.03. The maximum absolute atomic E-state index is 12.3. The number of aryl methyl sites for hydroxylation is 2. The van der Waals surface area contributed by atoms with Gasteiger partial charge in [-0.2, -0.15) is 10.2 Å². The quantitative estimate of drug-likeness (QED) is 0.534. The number of nitrogens with one attached hydrogen (secondary N) is 2. The van der Waals surface area contributed by atoms with Crippen LogP contribution in [0.15, 0.2) is 48.8 Å². The summed E-state index contributed by atoms with van der Waals surface area (Å²) in [6.45, 7) is 2.85. The van der Waals surface area contributed by atoms with Crippen LogP contribution in [0.25, 0.3) is 0 Å². The number of carboxylic acid groups (broad SMARTS) is 1. The number of nitrogens with zero attached hydrogens (tertiary/aromatic N) is 4. The van der Waals surface area contributed by atoms with Crippen molar-refractivity contribution in [3.8, 4) is 0 Å². The number of hydrogen-bond acceptors (Lipinski definition) is 5. The van der Waals surface area contributed by atoms with Gasteiger partial charge in [-0.1, -0.05) is 6.07 Å². The number of anilines is 2. The van der Waals surface area contributed by atoms with Crippen LogP contribution in [0, 0.1) is 0 Å². The fraction of sp³-hybridized carbons (Fsp3) is 0.211. The zero-order valence-corrected chi connectivity index (χ0v) is 15.7. The lowest BCUT2D eigenvalue weighted by Gasteiger charge is -2.08. The van der Waals surface area contributed by atoms with E-state index >= 15 is 0 Å². The first-order valence-electron chi connectivity index (χ1n) is 8.96. The zero-order valence-electron chi connectivity index (χ0n) is 15.7. The molecule has 0 fully saturated rings. The number of benzene rings is 1. The van der Waals surface area contributed by atoms with Crippen molar-refractivity contribution in [3.05, 3.63) is 60.2 Å². The van der Waals surface area contributed by atoms with Crippen molar-refractivity contribution in [2.45, 2.75) is 26.4 Å². The maximum Gasteiger partial charge on any atom is 0.356 e. The van der Waals surface area contributed by atoms with Gasteiger partial charge in [0.25, 0.3) is 5.91 Å². The summed E-state index contributed by atoms with van der Waals surface area (Å²) in [6.07, 6.45) is 3.35. The highest BCUT2D eigenvalue weighted by atomic mass is 16.4. The van der Waals surface area contributed by atoms with E-state index in [1.54, 1.807) is 41.2 Å². The Morgan fingerprint density at radius 1 is 0.966 bits per heavy atom. The summed E-state index contributed by atoms with van der Waals surface area (Å²) >= 11 is 0. The SMILES string of the molecule is CCn1ccc(C(=O)Nc2cccc(NC(=O)CCn3ccc(C(=O)O)n3)c2)n1. The van der Waals surface area contributed by atoms with Gasteiger partial charge in [0.15, 0.2) is 11.4 Å². The third kappa shape index (κ3) is 5.28. The zero-order chi connectivity index (χ0) is 20.8. The van der Waals surface area contributed by atoms with E-state index in [0.717, 1.165) is 0 Å². The van der Waals surface area contributed by atoms with Gasteiger partial charge in [-0.3, -0.25) is 19.0 Å². The van der Waals surface area contributed by atoms with Crippen molar-refractivity contribution in [2.24, 2.45) is 0 Å². The number of carboxylic acids is 1. The molecule has 0 saturated heterocycles. The molecule has 1 aromatic carbocycles. The average Bonchev–Trinajstić information content (AvgIpc) is 3.36. The molecule has 2 amide bonds. The van der Waals surface area contributed by atoms with Crippen molar-refractivity contribution < 1.29 is 19.5 Å². The first-order valence-corrected chi connectivity index (χ1v) is 8.96. The monoisotopic (exact) mass is 396 g/mol. The minimum absolute atomic E-state index is 0.0716. The Morgan fingerprint density at radius 3 is 2.28 bits per heavy atom. The highest BCUT2D eigenvalue weighted by Gasteiger charge is 2.11. The predicted molar refractivity (Wildman–Crippen MR) is 105 cm³/mol. The fourth-order valence-corrected chi connectivity index (χ4v) is 2.57. The molecule has 150 valence electrons. The van der Waals surface area contributed by atoms with Gasteiger partial charge >= 0.3 is 5.97 Å². The summed E-state index contributed by atoms with van der Waals surface area (Å²) in [4.78, 5) is 35.2. The number of aromatic carboxylic acids is 1. The molecule has 3 N–H and O–H groups in total. The molecule has 0 aliphatic rings. The second kappa shape index (κ2) is 8.83. The molecule has 0 saturated carbocycles. The molecule has 0 radical (unpaired) electrons. The van der Waals surface area contributed by atoms with Crippen LogP contribution in [-0.4, -0.2) is 42.5 Å². The number of aromatic nitrogens is 4. The van der Waals surface area contributed by atoms with Gasteiger partial charge < -0.3 is 15.7 Å². The van der Waals surface area contributed by atoms with Crippen LogP contribution in [-0.2, 0) is 17.9 Å². The predicted octanol–water partition coefficient (Wildman–Crippen LogP) is 2.08. The number of rotatable bonds is 8. The largest absolute Gasteiger partial charge is 0.476 e. The summed E-state index contributed by atoms with van der Waals surface area (Å²) in [5.74, 6) is -1.72. The minimum Gasteiger partial charge on any atom is -0.476 e. The van der Waals surface area contributed by atoms with Crippen LogP contribution >= 0.6 is 0 Å². The normalized spacial score (nSPS) is 10.5. The van der Waals surface area contributed by atoms with E-state index < -0.39 is 5.97 Å². The molecule has 29 heavy (non-hydrogen) atoms. The molecule has 0 aliphatic heterocycles. The van der Waals surface area contributed by atoms with Crippen molar-refractivity contribution in [3.63, 3.8) is 0 Å². The van der Waals surface area contributed by atoms with E-state index in [0.29, 0.717) is 23.6 Å². The first-order chi connectivity index (χ1) is 13.9. The van der Waals surface area contributed by atoms with E-state index in [-0.39, 0.29) is 30.5 Å². The van der Waals surface area contributed by atoms with Crippen LogP contribution in [0.5, 0.6) is 0 Å². The number of carbonyl (C=O) groups excluding carboxylic acids is 2. The van der Waals surface area contributed by atoms with Gasteiger partial charge in [-0.15, -0.1) is 0 Å². The number of hydrogen-bond donors (Lipinski definition) is 3. The van der Waals surface area contributed by atoms with E-state index in [1.165, 1.54) is 16.9 Å². The Labute approximate surface area is 166 Å². The Bertz CT molecular complexity index is 1040. The van der Waals surface area contributed by atoms with Gasteiger partial charge in [0, 0.05) is 43.3 Å². The Hall–Kier alpha value is -3.95. The molecule has 0 atom stereocenters. The highest BCUT2D eigenvalue weighted by Crippen LogP contribution is 2.16. The topological polar surface area (TPSA) is 131 Å². The van der Waals surface area contributed by atoms with Gasteiger partial charge in [-0.25, -0.2) is 4.79 Å². The first kappa shape index (κ1) is 19.8. The summed E-state index contributed by atoms with van der Waals surface area (Å²) in [5.41, 5.74) is 1.29. The smallest absolute Gasteiger partial charge is 0.356 e. The Morgan fingerprint density at radius 2 is 1.62 bits per heavy atom. The van der Waals surface area contributed by atoms with Crippen molar-refractivity contribution in [1.29, 1.82) is 0 Å². The molecular formula is C19H20N6O4. The lowest BCUT2D eigenvalue weighted by molar-refractivity contribution is -0.116. The molecule has 10 heteroatoms. The molecule has 2 aromatic heterocycles. The van der Waals surface area contributed by atoms with Crippen molar-refractivity contribution in [1.82, 2.24) is 19.6 Å². The van der Waals surface area contributed by atoms with Crippen LogP contribution in [0.1, 0.15) is 34.3 Å². The standard InChI is InChI=1S/C19H20N6O4/c1-2-24-9-6-15(22-24)18(27)21-14-5-3-4-13(12-14)20-17(26)8-11-25-10-7-16(23-25)19(28)29/h3-7,9-10,12H,2,8,11H2,1H3,(H,20,26)(H,21,27)(H,28,29). The summed E-state index contributed by atoms with van der Waals surface area (Å²) in [6, 6.07) is 9.77. The van der Waals surface area contributed by atoms with Crippen molar-refractivity contribution in [2.75, 3.05) is 10.6 Å². The molecule has 10 nitrogen and oxygen atoms in total. The summed E-state index contributed by atoms with van der Waals surface area (Å²) < 4.78 is 3.06. The van der Waals surface area contributed by atoms with E-state index in [2.05, 4.69) is 20.8 Å². The van der Waals surface area contributed by atoms with E-state index in [4.69, 9.17) is 5.11 Å². The van der Waals surface area contributed by atoms with Gasteiger partial charge in [0.2, 0.25) is 5.91 Å². The lowest BCUT2D eigenvalue weighted by Crippen LogP contribution is -2.16. The van der Waals surface area contributed by atoms with Crippen LogP contribution in [0.2, 0.25) is 0 Å². The average molecular weight is 396 g/mol. The minimum atomic E-state index is -1.12. The molecule has 0 bridgehead atoms. The molecule has 2 heterocycles. The molecule has 0 spiro atoms. The second-order valence-electron chi connectivity index (χ2n) is 6.16. The molecule has 0 unspecified atom stereocenters. The Balaban J connectivity index is 1.55. The highest BCUT2D eigenvalue weighted by molar-refractivity contribution is 6.03. The third-order valence-corrected chi connectivity index (χ3v) is 4.03. The van der Waals surface area contributed by atoms with Crippen LogP contribution in [0.3, 0.4) is 0 Å². The number of amides is 2. The van der Waals surface area contributed by atoms with E-state index in [1.807, 2.05) is 6.92 Å². The van der Waals surface area contributed by atoms with Gasteiger partial charge in [-0.05, 0) is 37.3 Å². The van der Waals surface area contributed by atoms with Crippen molar-refractivity contribution >= 4 is 29.2 Å². The lowest BCUT2D eigenvalue weighted by atomic mass is 10.2. The summed E-state index contributed by atoms with van der Waals surface area (Å²) in [5, 5.41) is 22.3. The molecule has 3 rings (SSSR count). The number of carbonyl (C=O) groups is 3. The molecule has 3 aromatic rings. The summed E-state index contributed by atoms with van der Waals surface area (Å²) in [7, 11) is 0. The molecular weight excluding hydrogens is 376 g/mol. The van der Waals surface area contributed by atoms with Gasteiger partial charge in [0.1, 0.15) is 0 Å². The fourth-order valence-electron chi connectivity index (χ4n) is 2.57.